The van der Waals surface area contributed by atoms with Gasteiger partial charge in [-0.2, -0.15) is 0 Å². The van der Waals surface area contributed by atoms with E-state index in [9.17, 15) is 9.18 Å². The second-order valence-corrected chi connectivity index (χ2v) is 6.01. The number of hydrogen-bond donors (Lipinski definition) is 2. The number of carbonyl (C=O) groups excluding carboxylic acids is 1. The summed E-state index contributed by atoms with van der Waals surface area (Å²) < 4.78 is 18.4. The third-order valence-electron chi connectivity index (χ3n) is 3.67. The molecule has 2 atom stereocenters. The lowest BCUT2D eigenvalue weighted by Crippen LogP contribution is -2.57. The fraction of sp³-hybridized carbons (Fsp3) is 0.533. The summed E-state index contributed by atoms with van der Waals surface area (Å²) >= 11 is 5.87. The molecule has 6 heteroatoms. The summed E-state index contributed by atoms with van der Waals surface area (Å²) in [7, 11) is 0. The molecule has 0 bridgehead atoms. The van der Waals surface area contributed by atoms with Gasteiger partial charge in [0.25, 0.3) is 5.91 Å². The van der Waals surface area contributed by atoms with Gasteiger partial charge in [0.15, 0.2) is 6.10 Å². The molecule has 2 unspecified atom stereocenters. The number of benzene rings is 1. The molecular weight excluding hydrogens is 295 g/mol. The monoisotopic (exact) mass is 316 g/mol. The van der Waals surface area contributed by atoms with Crippen LogP contribution < -0.4 is 15.8 Å². The molecule has 0 aromatic heterocycles. The Hall–Kier alpha value is -1.33. The van der Waals surface area contributed by atoms with E-state index in [0.717, 1.165) is 6.07 Å². The van der Waals surface area contributed by atoms with E-state index in [2.05, 4.69) is 5.32 Å². The number of halogens is 2. The van der Waals surface area contributed by atoms with E-state index >= 15 is 0 Å². The van der Waals surface area contributed by atoms with Gasteiger partial charge in [-0.25, -0.2) is 4.39 Å². The Morgan fingerprint density at radius 3 is 2.57 bits per heavy atom. The summed E-state index contributed by atoms with van der Waals surface area (Å²) in [6.07, 6.45) is -0.766. The van der Waals surface area contributed by atoms with E-state index in [1.807, 2.05) is 20.8 Å². The molecule has 0 radical (unpaired) electrons. The van der Waals surface area contributed by atoms with Gasteiger partial charge in [-0.15, -0.1) is 0 Å². The average molecular weight is 317 g/mol. The Morgan fingerprint density at radius 1 is 1.48 bits per heavy atom. The molecule has 0 saturated heterocycles. The number of nitrogens with two attached hydrogens (primary N) is 1. The number of carbonyl (C=O) groups is 1. The Kier molecular flexibility index (Phi) is 5.98. The van der Waals surface area contributed by atoms with Gasteiger partial charge in [0, 0.05) is 6.54 Å². The fourth-order valence-corrected chi connectivity index (χ4v) is 1.84. The van der Waals surface area contributed by atoms with Crippen LogP contribution in [0.4, 0.5) is 4.39 Å². The SMILES string of the molecule is CC(Oc1ccc(F)cc1Cl)C(=O)NC(C)(CN)C(C)C. The Balaban J connectivity index is 2.75. The normalized spacial score (nSPS) is 15.4. The van der Waals surface area contributed by atoms with Crippen LogP contribution in [0, 0.1) is 11.7 Å². The predicted molar refractivity (Wildman–Crippen MR) is 81.9 cm³/mol. The van der Waals surface area contributed by atoms with Crippen LogP contribution >= 0.6 is 11.6 Å². The molecule has 0 aliphatic carbocycles. The minimum absolute atomic E-state index is 0.125. The summed E-state index contributed by atoms with van der Waals surface area (Å²) in [4.78, 5) is 12.2. The van der Waals surface area contributed by atoms with Crippen LogP contribution in [0.5, 0.6) is 5.75 Å². The van der Waals surface area contributed by atoms with Crippen molar-refractivity contribution in [2.75, 3.05) is 6.54 Å². The van der Waals surface area contributed by atoms with Crippen molar-refractivity contribution in [1.82, 2.24) is 5.32 Å². The molecule has 0 fully saturated rings. The van der Waals surface area contributed by atoms with Crippen molar-refractivity contribution in [2.24, 2.45) is 11.7 Å². The molecule has 0 spiro atoms. The summed E-state index contributed by atoms with van der Waals surface area (Å²) in [6.45, 7) is 7.77. The molecular formula is C15H22ClFN2O2. The van der Waals surface area contributed by atoms with Gasteiger partial charge in [-0.1, -0.05) is 25.4 Å². The molecule has 118 valence electrons. The minimum atomic E-state index is -0.766. The summed E-state index contributed by atoms with van der Waals surface area (Å²) in [5, 5.41) is 3.01. The van der Waals surface area contributed by atoms with Gasteiger partial charge in [-0.3, -0.25) is 4.79 Å². The van der Waals surface area contributed by atoms with Crippen molar-refractivity contribution in [3.63, 3.8) is 0 Å². The van der Waals surface area contributed by atoms with Crippen LogP contribution in [0.2, 0.25) is 5.02 Å². The average Bonchev–Trinajstić information content (AvgIpc) is 2.41. The van der Waals surface area contributed by atoms with Crippen molar-refractivity contribution in [3.8, 4) is 5.75 Å². The quantitative estimate of drug-likeness (QED) is 0.848. The van der Waals surface area contributed by atoms with E-state index in [0.29, 0.717) is 6.54 Å². The molecule has 1 rings (SSSR count). The highest BCUT2D eigenvalue weighted by Crippen LogP contribution is 2.26. The summed E-state index contributed by atoms with van der Waals surface area (Å²) in [6, 6.07) is 3.76. The smallest absolute Gasteiger partial charge is 0.261 e. The van der Waals surface area contributed by atoms with Gasteiger partial charge in [0.2, 0.25) is 0 Å². The van der Waals surface area contributed by atoms with Crippen LogP contribution in [0.25, 0.3) is 0 Å². The minimum Gasteiger partial charge on any atom is -0.479 e. The van der Waals surface area contributed by atoms with Crippen molar-refractivity contribution in [2.45, 2.75) is 39.3 Å². The molecule has 1 aromatic rings. The lowest BCUT2D eigenvalue weighted by Gasteiger charge is -2.34. The van der Waals surface area contributed by atoms with E-state index in [-0.39, 0.29) is 22.6 Å². The van der Waals surface area contributed by atoms with Crippen LogP contribution in [0.3, 0.4) is 0 Å². The van der Waals surface area contributed by atoms with E-state index in [1.54, 1.807) is 6.92 Å². The molecule has 21 heavy (non-hydrogen) atoms. The summed E-state index contributed by atoms with van der Waals surface area (Å²) in [5.74, 6) is -0.315. The fourth-order valence-electron chi connectivity index (χ4n) is 1.63. The zero-order valence-corrected chi connectivity index (χ0v) is 13.5. The highest BCUT2D eigenvalue weighted by molar-refractivity contribution is 6.32. The van der Waals surface area contributed by atoms with Gasteiger partial charge < -0.3 is 15.8 Å². The van der Waals surface area contributed by atoms with Crippen LogP contribution in [0.1, 0.15) is 27.7 Å². The van der Waals surface area contributed by atoms with E-state index in [4.69, 9.17) is 22.1 Å². The Morgan fingerprint density at radius 2 is 2.10 bits per heavy atom. The van der Waals surface area contributed by atoms with E-state index in [1.165, 1.54) is 12.1 Å². The maximum absolute atomic E-state index is 13.0. The standard InChI is InChI=1S/C15H22ClFN2O2/c1-9(2)15(4,8-18)19-14(20)10(3)21-13-6-5-11(17)7-12(13)16/h5-7,9-10H,8,18H2,1-4H3,(H,19,20). The number of rotatable bonds is 6. The molecule has 0 aliphatic rings. The van der Waals surface area contributed by atoms with Crippen molar-refractivity contribution < 1.29 is 13.9 Å². The first kappa shape index (κ1) is 17.7. The molecule has 0 heterocycles. The van der Waals surface area contributed by atoms with E-state index < -0.39 is 17.5 Å². The highest BCUT2D eigenvalue weighted by Gasteiger charge is 2.30. The highest BCUT2D eigenvalue weighted by atomic mass is 35.5. The third kappa shape index (κ3) is 4.58. The molecule has 0 saturated carbocycles. The maximum atomic E-state index is 13.0. The van der Waals surface area contributed by atoms with Crippen molar-refractivity contribution in [1.29, 1.82) is 0 Å². The number of amides is 1. The zero-order valence-electron chi connectivity index (χ0n) is 12.7. The van der Waals surface area contributed by atoms with Crippen LogP contribution in [-0.2, 0) is 4.79 Å². The van der Waals surface area contributed by atoms with Crippen LogP contribution in [0.15, 0.2) is 18.2 Å². The molecule has 4 nitrogen and oxygen atoms in total. The second kappa shape index (κ2) is 7.09. The van der Waals surface area contributed by atoms with Crippen molar-refractivity contribution >= 4 is 17.5 Å². The largest absolute Gasteiger partial charge is 0.479 e. The predicted octanol–water partition coefficient (Wildman–Crippen LogP) is 2.74. The second-order valence-electron chi connectivity index (χ2n) is 5.60. The lowest BCUT2D eigenvalue weighted by molar-refractivity contribution is -0.129. The Labute approximate surface area is 129 Å². The number of hydrogen-bond acceptors (Lipinski definition) is 3. The zero-order chi connectivity index (χ0) is 16.2. The third-order valence-corrected chi connectivity index (χ3v) is 3.97. The first-order valence-corrected chi connectivity index (χ1v) is 7.21. The maximum Gasteiger partial charge on any atom is 0.261 e. The van der Waals surface area contributed by atoms with Gasteiger partial charge >= 0.3 is 0 Å². The first-order valence-electron chi connectivity index (χ1n) is 6.83. The van der Waals surface area contributed by atoms with Crippen LogP contribution in [-0.4, -0.2) is 24.1 Å². The lowest BCUT2D eigenvalue weighted by atomic mass is 9.88. The van der Waals surface area contributed by atoms with Gasteiger partial charge in [0.1, 0.15) is 11.6 Å². The molecule has 1 aromatic carbocycles. The van der Waals surface area contributed by atoms with Crippen molar-refractivity contribution in [3.05, 3.63) is 29.0 Å². The number of ether oxygens (including phenoxy) is 1. The summed E-state index contributed by atoms with van der Waals surface area (Å²) in [5.41, 5.74) is 5.22. The first-order chi connectivity index (χ1) is 9.69. The van der Waals surface area contributed by atoms with Gasteiger partial charge in [-0.05, 0) is 38.0 Å². The molecule has 1 amide bonds. The molecule has 3 N–H and O–H groups in total. The van der Waals surface area contributed by atoms with Gasteiger partial charge in [0.05, 0.1) is 10.6 Å². The number of nitrogens with one attached hydrogen (secondary N) is 1. The Bertz CT molecular complexity index is 510. The molecule has 0 aliphatic heterocycles. The topological polar surface area (TPSA) is 64.3 Å².